The van der Waals surface area contributed by atoms with Crippen LogP contribution in [-0.4, -0.2) is 53.5 Å². The average Bonchev–Trinajstić information content (AvgIpc) is 2.63. The predicted molar refractivity (Wildman–Crippen MR) is 103 cm³/mol. The van der Waals surface area contributed by atoms with Gasteiger partial charge in [-0.1, -0.05) is 31.5 Å². The third-order valence-corrected chi connectivity index (χ3v) is 5.42. The molecule has 142 valence electrons. The zero-order valence-corrected chi connectivity index (χ0v) is 16.1. The van der Waals surface area contributed by atoms with Crippen molar-refractivity contribution >= 4 is 15.8 Å². The first-order valence-electron chi connectivity index (χ1n) is 8.90. The van der Waals surface area contributed by atoms with Crippen molar-refractivity contribution in [1.29, 1.82) is 0 Å². The molecule has 0 aromatic heterocycles. The third kappa shape index (κ3) is 9.45. The third-order valence-electron chi connectivity index (χ3n) is 3.61. The highest BCUT2D eigenvalue weighted by molar-refractivity contribution is 7.91. The summed E-state index contributed by atoms with van der Waals surface area (Å²) in [6.45, 7) is 5.02. The summed E-state index contributed by atoms with van der Waals surface area (Å²) >= 11 is 0. The van der Waals surface area contributed by atoms with Crippen molar-refractivity contribution in [2.75, 3.05) is 39.1 Å². The normalized spacial score (nSPS) is 12.2. The van der Waals surface area contributed by atoms with Gasteiger partial charge in [0.25, 0.3) is 0 Å². The van der Waals surface area contributed by atoms with Gasteiger partial charge >= 0.3 is 0 Å². The largest absolute Gasteiger partial charge is 0.381 e. The molecule has 0 atom stereocenters. The minimum Gasteiger partial charge on any atom is -0.381 e. The van der Waals surface area contributed by atoms with Crippen LogP contribution >= 0.6 is 0 Å². The lowest BCUT2D eigenvalue weighted by molar-refractivity contribution is 0.129. The maximum atomic E-state index is 12.2. The van der Waals surface area contributed by atoms with Crippen LogP contribution in [0.25, 0.3) is 0 Å². The van der Waals surface area contributed by atoms with Crippen LogP contribution in [-0.2, 0) is 14.6 Å². The smallest absolute Gasteiger partial charge is 0.190 e. The number of guanidine groups is 1. The number of hydrogen-bond acceptors (Lipinski definition) is 4. The standard InChI is InChI=1S/C18H31N3O3S/c1-3-4-14-24-15-8-12-20-18(19-2)21-13-9-16-25(22,23)17-10-6-5-7-11-17/h5-7,10-11H,3-4,8-9,12-16H2,1-2H3,(H2,19,20,21). The van der Waals surface area contributed by atoms with Gasteiger partial charge in [0, 0.05) is 33.4 Å². The Hall–Kier alpha value is -1.60. The van der Waals surface area contributed by atoms with Crippen LogP contribution in [0, 0.1) is 0 Å². The molecule has 0 amide bonds. The van der Waals surface area contributed by atoms with Gasteiger partial charge in [-0.05, 0) is 31.4 Å². The van der Waals surface area contributed by atoms with Gasteiger partial charge in [-0.25, -0.2) is 8.42 Å². The summed E-state index contributed by atoms with van der Waals surface area (Å²) in [5, 5.41) is 6.34. The summed E-state index contributed by atoms with van der Waals surface area (Å²) in [4.78, 5) is 4.51. The second-order valence-electron chi connectivity index (χ2n) is 5.73. The lowest BCUT2D eigenvalue weighted by Gasteiger charge is -2.12. The van der Waals surface area contributed by atoms with Crippen molar-refractivity contribution in [2.45, 2.75) is 37.5 Å². The van der Waals surface area contributed by atoms with Crippen molar-refractivity contribution in [2.24, 2.45) is 4.99 Å². The molecule has 2 N–H and O–H groups in total. The molecule has 0 bridgehead atoms. The minimum atomic E-state index is -3.21. The maximum Gasteiger partial charge on any atom is 0.190 e. The van der Waals surface area contributed by atoms with Crippen LogP contribution in [0.3, 0.4) is 0 Å². The van der Waals surface area contributed by atoms with E-state index in [9.17, 15) is 8.42 Å². The minimum absolute atomic E-state index is 0.117. The van der Waals surface area contributed by atoms with Gasteiger partial charge in [0.2, 0.25) is 0 Å². The lowest BCUT2D eigenvalue weighted by Crippen LogP contribution is -2.38. The summed E-state index contributed by atoms with van der Waals surface area (Å²) in [6, 6.07) is 8.55. The molecule has 0 aliphatic carbocycles. The first-order chi connectivity index (χ1) is 12.1. The van der Waals surface area contributed by atoms with E-state index in [-0.39, 0.29) is 5.75 Å². The molecule has 0 aliphatic heterocycles. The van der Waals surface area contributed by atoms with E-state index < -0.39 is 9.84 Å². The van der Waals surface area contributed by atoms with Crippen LogP contribution < -0.4 is 10.6 Å². The fraction of sp³-hybridized carbons (Fsp3) is 0.611. The Labute approximate surface area is 152 Å². The number of aliphatic imine (C=N–C) groups is 1. The molecule has 6 nitrogen and oxygen atoms in total. The molecule has 1 aromatic carbocycles. The van der Waals surface area contributed by atoms with E-state index in [1.807, 2.05) is 6.07 Å². The maximum absolute atomic E-state index is 12.2. The van der Waals surface area contributed by atoms with Gasteiger partial charge in [-0.3, -0.25) is 4.99 Å². The van der Waals surface area contributed by atoms with Crippen molar-refractivity contribution in [3.05, 3.63) is 30.3 Å². The molecule has 0 unspecified atom stereocenters. The van der Waals surface area contributed by atoms with Crippen LogP contribution in [0.5, 0.6) is 0 Å². The Bertz CT molecular complexity index is 589. The first-order valence-corrected chi connectivity index (χ1v) is 10.6. The lowest BCUT2D eigenvalue weighted by atomic mass is 10.4. The number of hydrogen-bond donors (Lipinski definition) is 2. The molecule has 0 aliphatic rings. The highest BCUT2D eigenvalue weighted by Crippen LogP contribution is 2.10. The van der Waals surface area contributed by atoms with Crippen molar-refractivity contribution in [1.82, 2.24) is 10.6 Å². The Balaban J connectivity index is 2.17. The van der Waals surface area contributed by atoms with E-state index in [0.29, 0.717) is 23.8 Å². The first kappa shape index (κ1) is 21.4. The highest BCUT2D eigenvalue weighted by atomic mass is 32.2. The molecule has 0 radical (unpaired) electrons. The zero-order valence-electron chi connectivity index (χ0n) is 15.3. The van der Waals surface area contributed by atoms with Crippen molar-refractivity contribution in [3.63, 3.8) is 0 Å². The number of ether oxygens (including phenoxy) is 1. The molecule has 0 heterocycles. The summed E-state index contributed by atoms with van der Waals surface area (Å²) in [5.74, 6) is 0.803. The quantitative estimate of drug-likeness (QED) is 0.335. The molecule has 7 heteroatoms. The van der Waals surface area contributed by atoms with Crippen LogP contribution in [0.2, 0.25) is 0 Å². The van der Waals surface area contributed by atoms with E-state index >= 15 is 0 Å². The second kappa shape index (κ2) is 12.7. The van der Waals surface area contributed by atoms with E-state index in [1.54, 1.807) is 31.3 Å². The van der Waals surface area contributed by atoms with Gasteiger partial charge < -0.3 is 15.4 Å². The summed E-state index contributed by atoms with van der Waals surface area (Å²) in [6.07, 6.45) is 3.68. The van der Waals surface area contributed by atoms with E-state index in [1.165, 1.54) is 0 Å². The molecule has 0 saturated heterocycles. The molecule has 0 spiro atoms. The van der Waals surface area contributed by atoms with Crippen molar-refractivity contribution in [3.8, 4) is 0 Å². The molecule has 0 fully saturated rings. The Kier molecular flexibility index (Phi) is 10.9. The van der Waals surface area contributed by atoms with Gasteiger partial charge in [-0.15, -0.1) is 0 Å². The number of nitrogens with zero attached hydrogens (tertiary/aromatic N) is 1. The number of sulfone groups is 1. The monoisotopic (exact) mass is 369 g/mol. The fourth-order valence-corrected chi connectivity index (χ4v) is 3.50. The summed E-state index contributed by atoms with van der Waals surface area (Å²) < 4.78 is 29.9. The second-order valence-corrected chi connectivity index (χ2v) is 7.84. The van der Waals surface area contributed by atoms with Gasteiger partial charge in [-0.2, -0.15) is 0 Å². The van der Waals surface area contributed by atoms with Crippen LogP contribution in [0.4, 0.5) is 0 Å². The SMILES string of the molecule is CCCCOCCCNC(=NC)NCCCS(=O)(=O)c1ccccc1. The molecule has 25 heavy (non-hydrogen) atoms. The topological polar surface area (TPSA) is 79.8 Å². The van der Waals surface area contributed by atoms with Gasteiger partial charge in [0.15, 0.2) is 15.8 Å². The van der Waals surface area contributed by atoms with Crippen LogP contribution in [0.15, 0.2) is 40.2 Å². The number of rotatable bonds is 12. The molecule has 1 rings (SSSR count). The Morgan fingerprint density at radius 1 is 1.04 bits per heavy atom. The Morgan fingerprint density at radius 3 is 2.32 bits per heavy atom. The van der Waals surface area contributed by atoms with Gasteiger partial charge in [0.1, 0.15) is 0 Å². The molecule has 1 aromatic rings. The predicted octanol–water partition coefficient (Wildman–Crippen LogP) is 2.22. The van der Waals surface area contributed by atoms with Crippen LogP contribution in [0.1, 0.15) is 32.6 Å². The average molecular weight is 370 g/mol. The fourth-order valence-electron chi connectivity index (χ4n) is 2.16. The van der Waals surface area contributed by atoms with E-state index in [2.05, 4.69) is 22.5 Å². The van der Waals surface area contributed by atoms with E-state index in [0.717, 1.165) is 39.0 Å². The highest BCUT2D eigenvalue weighted by Gasteiger charge is 2.13. The molecular weight excluding hydrogens is 338 g/mol. The molecule has 0 saturated carbocycles. The van der Waals surface area contributed by atoms with Gasteiger partial charge in [0.05, 0.1) is 10.6 Å². The molecular formula is C18H31N3O3S. The summed E-state index contributed by atoms with van der Waals surface area (Å²) in [5.41, 5.74) is 0. The summed E-state index contributed by atoms with van der Waals surface area (Å²) in [7, 11) is -1.51. The number of unbranched alkanes of at least 4 members (excludes halogenated alkanes) is 1. The van der Waals surface area contributed by atoms with E-state index in [4.69, 9.17) is 4.74 Å². The number of benzene rings is 1. The Morgan fingerprint density at radius 2 is 1.68 bits per heavy atom. The zero-order chi connectivity index (χ0) is 18.4. The number of nitrogens with one attached hydrogen (secondary N) is 2. The van der Waals surface area contributed by atoms with Crippen molar-refractivity contribution < 1.29 is 13.2 Å².